The summed E-state index contributed by atoms with van der Waals surface area (Å²) in [6, 6.07) is 18.7. The van der Waals surface area contributed by atoms with Crippen LogP contribution in [0.15, 0.2) is 54.6 Å². The molecule has 1 N–H and O–H groups in total. The van der Waals surface area contributed by atoms with E-state index in [9.17, 15) is 0 Å². The molecule has 5 heteroatoms. The van der Waals surface area contributed by atoms with Crippen LogP contribution in [0, 0.1) is 0 Å². The highest BCUT2D eigenvalue weighted by molar-refractivity contribution is 5.61. The molecule has 0 saturated carbocycles. The van der Waals surface area contributed by atoms with Crippen LogP contribution >= 0.6 is 0 Å². The number of para-hydroxylation sites is 3. The Balaban J connectivity index is 1.38. The van der Waals surface area contributed by atoms with Crippen molar-refractivity contribution in [2.45, 2.75) is 84.0 Å². The van der Waals surface area contributed by atoms with E-state index in [4.69, 9.17) is 9.47 Å². The topological polar surface area (TPSA) is 37.0 Å². The van der Waals surface area contributed by atoms with Crippen LogP contribution in [0.2, 0.25) is 0 Å². The summed E-state index contributed by atoms with van der Waals surface area (Å²) in [7, 11) is 0. The van der Waals surface area contributed by atoms with Crippen LogP contribution in [0.3, 0.4) is 0 Å². The lowest BCUT2D eigenvalue weighted by atomic mass is 10.1. The number of hydrogen-bond donors (Lipinski definition) is 1. The minimum atomic E-state index is 0.738. The summed E-state index contributed by atoms with van der Waals surface area (Å²) in [5.74, 6) is 0.907. The molecule has 1 aliphatic heterocycles. The number of nitrogens with one attached hydrogen (secondary N) is 1. The average molecular weight is 482 g/mol. The minimum Gasteiger partial charge on any atom is -0.491 e. The zero-order valence-electron chi connectivity index (χ0n) is 21.9. The molecule has 194 valence electrons. The molecule has 1 fully saturated rings. The summed E-state index contributed by atoms with van der Waals surface area (Å²) in [4.78, 5) is 0. The van der Waals surface area contributed by atoms with Gasteiger partial charge in [0.05, 0.1) is 31.2 Å². The van der Waals surface area contributed by atoms with Gasteiger partial charge in [0.1, 0.15) is 5.75 Å². The molecule has 0 aliphatic carbocycles. The van der Waals surface area contributed by atoms with E-state index in [1.165, 1.54) is 70.6 Å². The highest BCUT2D eigenvalue weighted by Crippen LogP contribution is 2.27. The predicted molar refractivity (Wildman–Crippen MR) is 148 cm³/mol. The van der Waals surface area contributed by atoms with Gasteiger partial charge in [-0.15, -0.1) is 0 Å². The van der Waals surface area contributed by atoms with E-state index in [1.807, 2.05) is 12.1 Å². The third kappa shape index (κ3) is 10.5. The Kier molecular flexibility index (Phi) is 13.5. The number of hydrazine groups is 2. The van der Waals surface area contributed by atoms with Crippen LogP contribution in [-0.4, -0.2) is 37.9 Å². The summed E-state index contributed by atoms with van der Waals surface area (Å²) in [5.41, 5.74) is 5.70. The molecule has 0 aromatic heterocycles. The van der Waals surface area contributed by atoms with E-state index in [2.05, 4.69) is 64.9 Å². The highest BCUT2D eigenvalue weighted by atomic mass is 16.5. The molecule has 2 aromatic carbocycles. The van der Waals surface area contributed by atoms with Gasteiger partial charge in [0.25, 0.3) is 0 Å². The van der Waals surface area contributed by atoms with Crippen molar-refractivity contribution in [3.05, 3.63) is 54.6 Å². The molecule has 3 rings (SSSR count). The van der Waals surface area contributed by atoms with Gasteiger partial charge in [0.2, 0.25) is 0 Å². The van der Waals surface area contributed by atoms with Crippen molar-refractivity contribution < 1.29 is 9.47 Å². The predicted octanol–water partition coefficient (Wildman–Crippen LogP) is 7.85. The maximum Gasteiger partial charge on any atom is 0.144 e. The van der Waals surface area contributed by atoms with E-state index in [1.54, 1.807) is 0 Å². The summed E-state index contributed by atoms with van der Waals surface area (Å²) in [6.45, 7) is 6.23. The molecule has 35 heavy (non-hydrogen) atoms. The fourth-order valence-electron chi connectivity index (χ4n) is 4.55. The number of benzene rings is 2. The molecule has 0 bridgehead atoms. The SMILES string of the molecule is CCCCCCCCCCCCCCOc1ccccc1NN(c1ccccc1)N1CCOCC1. The first-order chi connectivity index (χ1) is 17.4. The zero-order valence-corrected chi connectivity index (χ0v) is 21.9. The first-order valence-corrected chi connectivity index (χ1v) is 14.0. The van der Waals surface area contributed by atoms with Gasteiger partial charge in [-0.05, 0) is 30.7 Å². The first-order valence-electron chi connectivity index (χ1n) is 14.0. The van der Waals surface area contributed by atoms with Crippen LogP contribution in [0.25, 0.3) is 0 Å². The summed E-state index contributed by atoms with van der Waals surface area (Å²) < 4.78 is 11.8. The van der Waals surface area contributed by atoms with E-state index in [0.29, 0.717) is 0 Å². The third-order valence-electron chi connectivity index (χ3n) is 6.64. The molecular formula is C30H47N3O2. The number of anilines is 2. The van der Waals surface area contributed by atoms with E-state index in [0.717, 1.165) is 56.5 Å². The summed E-state index contributed by atoms with van der Waals surface area (Å²) in [5, 5.41) is 4.43. The first kappa shape index (κ1) is 27.3. The van der Waals surface area contributed by atoms with Gasteiger partial charge in [-0.25, -0.2) is 5.12 Å². The van der Waals surface area contributed by atoms with E-state index >= 15 is 0 Å². The molecule has 1 heterocycles. The van der Waals surface area contributed by atoms with Gasteiger partial charge in [0, 0.05) is 13.1 Å². The molecule has 0 atom stereocenters. The van der Waals surface area contributed by atoms with Crippen molar-refractivity contribution >= 4 is 11.4 Å². The lowest BCUT2D eigenvalue weighted by molar-refractivity contribution is 0.0345. The monoisotopic (exact) mass is 481 g/mol. The largest absolute Gasteiger partial charge is 0.491 e. The Morgan fingerprint density at radius 2 is 1.31 bits per heavy atom. The molecule has 0 radical (unpaired) electrons. The second-order valence-electron chi connectivity index (χ2n) is 9.56. The lowest BCUT2D eigenvalue weighted by Gasteiger charge is -2.39. The Morgan fingerprint density at radius 1 is 0.743 bits per heavy atom. The van der Waals surface area contributed by atoms with Gasteiger partial charge < -0.3 is 9.47 Å². The fraction of sp³-hybridized carbons (Fsp3) is 0.600. The molecule has 1 aliphatic rings. The van der Waals surface area contributed by atoms with Crippen molar-refractivity contribution in [3.63, 3.8) is 0 Å². The van der Waals surface area contributed by atoms with Gasteiger partial charge in [-0.2, -0.15) is 5.01 Å². The number of hydrogen-bond acceptors (Lipinski definition) is 5. The van der Waals surface area contributed by atoms with Crippen molar-refractivity contribution in [1.29, 1.82) is 0 Å². The Bertz CT molecular complexity index is 780. The molecule has 0 spiro atoms. The maximum atomic E-state index is 6.22. The molecule has 5 nitrogen and oxygen atoms in total. The molecule has 0 amide bonds. The van der Waals surface area contributed by atoms with Crippen LogP contribution in [-0.2, 0) is 4.74 Å². The highest BCUT2D eigenvalue weighted by Gasteiger charge is 2.20. The number of morpholine rings is 1. The van der Waals surface area contributed by atoms with Gasteiger partial charge >= 0.3 is 0 Å². The minimum absolute atomic E-state index is 0.738. The summed E-state index contributed by atoms with van der Waals surface area (Å²) in [6.07, 6.45) is 16.3. The molecule has 1 saturated heterocycles. The van der Waals surface area contributed by atoms with Gasteiger partial charge in [-0.3, -0.25) is 5.43 Å². The number of ether oxygens (including phenoxy) is 2. The standard InChI is InChI=1S/C30H47N3O2/c1-2-3-4-5-6-7-8-9-10-11-12-18-25-35-30-22-17-16-21-29(30)31-33(28-19-14-13-15-20-28)32-23-26-34-27-24-32/h13-17,19-22,31H,2-12,18,23-27H2,1H3. The quantitative estimate of drug-likeness (QED) is 0.173. The lowest BCUT2D eigenvalue weighted by Crippen LogP contribution is -2.51. The average Bonchev–Trinajstić information content (AvgIpc) is 2.91. The fourth-order valence-corrected chi connectivity index (χ4v) is 4.55. The normalized spacial score (nSPS) is 14.1. The molecule has 0 unspecified atom stereocenters. The second kappa shape index (κ2) is 17.2. The molecule has 2 aromatic rings. The van der Waals surface area contributed by atoms with Crippen LogP contribution < -0.4 is 15.3 Å². The zero-order chi connectivity index (χ0) is 24.4. The number of rotatable bonds is 18. The number of nitrogens with zero attached hydrogens (tertiary/aromatic N) is 2. The van der Waals surface area contributed by atoms with E-state index in [-0.39, 0.29) is 0 Å². The van der Waals surface area contributed by atoms with Crippen LogP contribution in [0.5, 0.6) is 5.75 Å². The van der Waals surface area contributed by atoms with Crippen molar-refractivity contribution in [2.24, 2.45) is 0 Å². The van der Waals surface area contributed by atoms with Crippen LogP contribution in [0.1, 0.15) is 84.0 Å². The smallest absolute Gasteiger partial charge is 0.144 e. The Labute approximate surface area is 213 Å². The third-order valence-corrected chi connectivity index (χ3v) is 6.64. The summed E-state index contributed by atoms with van der Waals surface area (Å²) >= 11 is 0. The maximum absolute atomic E-state index is 6.22. The Morgan fingerprint density at radius 3 is 1.97 bits per heavy atom. The molecular weight excluding hydrogens is 434 g/mol. The van der Waals surface area contributed by atoms with Gasteiger partial charge in [0.15, 0.2) is 0 Å². The second-order valence-corrected chi connectivity index (χ2v) is 9.56. The van der Waals surface area contributed by atoms with Crippen molar-refractivity contribution in [2.75, 3.05) is 43.5 Å². The number of unbranched alkanes of at least 4 members (excludes halogenated alkanes) is 11. The van der Waals surface area contributed by atoms with Crippen molar-refractivity contribution in [3.8, 4) is 5.75 Å². The van der Waals surface area contributed by atoms with Crippen molar-refractivity contribution in [1.82, 2.24) is 5.01 Å². The van der Waals surface area contributed by atoms with Crippen LogP contribution in [0.4, 0.5) is 11.4 Å². The van der Waals surface area contributed by atoms with E-state index < -0.39 is 0 Å². The Hall–Kier alpha value is -2.24. The van der Waals surface area contributed by atoms with Gasteiger partial charge in [-0.1, -0.05) is 108 Å².